The van der Waals surface area contributed by atoms with Gasteiger partial charge in [0.15, 0.2) is 0 Å². The van der Waals surface area contributed by atoms with E-state index >= 15 is 0 Å². The molecule has 0 radical (unpaired) electrons. The number of hydrogen-bond acceptors (Lipinski definition) is 2. The molecule has 2 aromatic rings. The van der Waals surface area contributed by atoms with E-state index in [1.165, 1.54) is 11.1 Å². The maximum Gasteiger partial charge on any atom is 0.122 e. The van der Waals surface area contributed by atoms with E-state index in [0.717, 1.165) is 30.9 Å². The SMILES string of the molecule is CCNC(c1ccc2c(c1)CCO2)c1ccc(Cl)cc1Cl. The molecule has 0 aliphatic carbocycles. The summed E-state index contributed by atoms with van der Waals surface area (Å²) < 4.78 is 5.57. The molecule has 4 heteroatoms. The van der Waals surface area contributed by atoms with Gasteiger partial charge in [0.2, 0.25) is 0 Å². The van der Waals surface area contributed by atoms with Crippen LogP contribution in [0.1, 0.15) is 29.7 Å². The Balaban J connectivity index is 2.01. The second kappa shape index (κ2) is 6.27. The molecular formula is C17H17Cl2NO. The predicted molar refractivity (Wildman–Crippen MR) is 87.6 cm³/mol. The van der Waals surface area contributed by atoms with Crippen LogP contribution in [-0.2, 0) is 6.42 Å². The largest absolute Gasteiger partial charge is 0.493 e. The van der Waals surface area contributed by atoms with Gasteiger partial charge in [0.1, 0.15) is 5.75 Å². The highest BCUT2D eigenvalue weighted by Crippen LogP contribution is 2.34. The predicted octanol–water partition coefficient (Wildman–Crippen LogP) is 4.63. The summed E-state index contributed by atoms with van der Waals surface area (Å²) in [6, 6.07) is 12.1. The third-order valence-corrected chi connectivity index (χ3v) is 4.29. The van der Waals surface area contributed by atoms with Crippen molar-refractivity contribution in [3.05, 3.63) is 63.1 Å². The van der Waals surface area contributed by atoms with Crippen molar-refractivity contribution in [2.45, 2.75) is 19.4 Å². The molecule has 2 nitrogen and oxygen atoms in total. The highest BCUT2D eigenvalue weighted by molar-refractivity contribution is 6.35. The summed E-state index contributed by atoms with van der Waals surface area (Å²) in [5.74, 6) is 0.996. The molecular weight excluding hydrogens is 305 g/mol. The summed E-state index contributed by atoms with van der Waals surface area (Å²) in [5.41, 5.74) is 3.51. The van der Waals surface area contributed by atoms with Crippen molar-refractivity contribution in [1.82, 2.24) is 5.32 Å². The van der Waals surface area contributed by atoms with Gasteiger partial charge in [-0.05, 0) is 41.4 Å². The monoisotopic (exact) mass is 321 g/mol. The Morgan fingerprint density at radius 1 is 1.19 bits per heavy atom. The Morgan fingerprint density at radius 3 is 2.81 bits per heavy atom. The molecule has 1 aliphatic heterocycles. The molecule has 0 saturated heterocycles. The topological polar surface area (TPSA) is 21.3 Å². The van der Waals surface area contributed by atoms with E-state index in [4.69, 9.17) is 27.9 Å². The zero-order valence-electron chi connectivity index (χ0n) is 11.8. The number of halogens is 2. The lowest BCUT2D eigenvalue weighted by Crippen LogP contribution is -2.22. The highest BCUT2D eigenvalue weighted by Gasteiger charge is 2.19. The van der Waals surface area contributed by atoms with Gasteiger partial charge in [0, 0.05) is 16.5 Å². The molecule has 21 heavy (non-hydrogen) atoms. The van der Waals surface area contributed by atoms with E-state index in [2.05, 4.69) is 24.4 Å². The lowest BCUT2D eigenvalue weighted by molar-refractivity contribution is 0.357. The van der Waals surface area contributed by atoms with Gasteiger partial charge in [-0.15, -0.1) is 0 Å². The van der Waals surface area contributed by atoms with E-state index in [9.17, 15) is 0 Å². The smallest absolute Gasteiger partial charge is 0.122 e. The molecule has 0 aromatic heterocycles. The average Bonchev–Trinajstić information content (AvgIpc) is 2.93. The fourth-order valence-corrected chi connectivity index (χ4v) is 3.25. The van der Waals surface area contributed by atoms with Crippen LogP contribution in [-0.4, -0.2) is 13.2 Å². The molecule has 0 spiro atoms. The third-order valence-electron chi connectivity index (χ3n) is 3.73. The van der Waals surface area contributed by atoms with Gasteiger partial charge >= 0.3 is 0 Å². The van der Waals surface area contributed by atoms with E-state index in [1.807, 2.05) is 18.2 Å². The average molecular weight is 322 g/mol. The molecule has 0 amide bonds. The normalized spacial score (nSPS) is 14.6. The summed E-state index contributed by atoms with van der Waals surface area (Å²) in [7, 11) is 0. The lowest BCUT2D eigenvalue weighted by Gasteiger charge is -2.21. The molecule has 0 saturated carbocycles. The van der Waals surface area contributed by atoms with Crippen LogP contribution < -0.4 is 10.1 Å². The van der Waals surface area contributed by atoms with Crippen molar-refractivity contribution in [1.29, 1.82) is 0 Å². The van der Waals surface area contributed by atoms with Crippen LogP contribution in [0.25, 0.3) is 0 Å². The van der Waals surface area contributed by atoms with Gasteiger partial charge in [-0.3, -0.25) is 0 Å². The Hall–Kier alpha value is -1.22. The zero-order valence-corrected chi connectivity index (χ0v) is 13.3. The van der Waals surface area contributed by atoms with E-state index in [0.29, 0.717) is 10.0 Å². The van der Waals surface area contributed by atoms with Gasteiger partial charge in [-0.1, -0.05) is 48.3 Å². The Bertz CT molecular complexity index is 657. The van der Waals surface area contributed by atoms with Crippen molar-refractivity contribution >= 4 is 23.2 Å². The summed E-state index contributed by atoms with van der Waals surface area (Å²) in [4.78, 5) is 0. The first-order chi connectivity index (χ1) is 10.2. The Kier molecular flexibility index (Phi) is 4.39. The second-order valence-electron chi connectivity index (χ2n) is 5.12. The summed E-state index contributed by atoms with van der Waals surface area (Å²) >= 11 is 12.4. The third kappa shape index (κ3) is 3.03. The molecule has 1 aliphatic rings. The number of benzene rings is 2. The van der Waals surface area contributed by atoms with Crippen molar-refractivity contribution in [2.24, 2.45) is 0 Å². The van der Waals surface area contributed by atoms with Crippen LogP contribution in [0.5, 0.6) is 5.75 Å². The fourth-order valence-electron chi connectivity index (χ4n) is 2.73. The van der Waals surface area contributed by atoms with E-state index < -0.39 is 0 Å². The van der Waals surface area contributed by atoms with Gasteiger partial charge in [-0.25, -0.2) is 0 Å². The Morgan fingerprint density at radius 2 is 2.05 bits per heavy atom. The first kappa shape index (κ1) is 14.7. The van der Waals surface area contributed by atoms with Crippen LogP contribution in [0.3, 0.4) is 0 Å². The highest BCUT2D eigenvalue weighted by atomic mass is 35.5. The standard InChI is InChI=1S/C17H17Cl2NO/c1-2-20-17(14-5-4-13(18)10-15(14)19)12-3-6-16-11(9-12)7-8-21-16/h3-6,9-10,17,20H,2,7-8H2,1H3. The van der Waals surface area contributed by atoms with Crippen LogP contribution in [0.15, 0.2) is 36.4 Å². The lowest BCUT2D eigenvalue weighted by atomic mass is 9.96. The molecule has 1 unspecified atom stereocenters. The van der Waals surface area contributed by atoms with Gasteiger partial charge in [0.25, 0.3) is 0 Å². The van der Waals surface area contributed by atoms with Crippen LogP contribution in [0.4, 0.5) is 0 Å². The number of hydrogen-bond donors (Lipinski definition) is 1. The molecule has 0 fully saturated rings. The van der Waals surface area contributed by atoms with Gasteiger partial charge in [-0.2, -0.15) is 0 Å². The van der Waals surface area contributed by atoms with Crippen molar-refractivity contribution in [3.8, 4) is 5.75 Å². The number of rotatable bonds is 4. The zero-order chi connectivity index (χ0) is 14.8. The maximum absolute atomic E-state index is 6.38. The number of fused-ring (bicyclic) bond motifs is 1. The van der Waals surface area contributed by atoms with Crippen molar-refractivity contribution in [2.75, 3.05) is 13.2 Å². The quantitative estimate of drug-likeness (QED) is 0.886. The van der Waals surface area contributed by atoms with Crippen LogP contribution in [0.2, 0.25) is 10.0 Å². The molecule has 2 aromatic carbocycles. The molecule has 1 heterocycles. The molecule has 1 atom stereocenters. The molecule has 1 N–H and O–H groups in total. The summed E-state index contributed by atoms with van der Waals surface area (Å²) in [6.45, 7) is 3.72. The number of ether oxygens (including phenoxy) is 1. The molecule has 3 rings (SSSR count). The van der Waals surface area contributed by atoms with Crippen molar-refractivity contribution < 1.29 is 4.74 Å². The fraction of sp³-hybridized carbons (Fsp3) is 0.294. The van der Waals surface area contributed by atoms with Crippen LogP contribution >= 0.6 is 23.2 Å². The minimum atomic E-state index is 0.0608. The Labute approximate surface area is 135 Å². The van der Waals surface area contributed by atoms with Gasteiger partial charge in [0.05, 0.1) is 12.6 Å². The minimum Gasteiger partial charge on any atom is -0.493 e. The van der Waals surface area contributed by atoms with E-state index in [-0.39, 0.29) is 6.04 Å². The maximum atomic E-state index is 6.38. The van der Waals surface area contributed by atoms with E-state index in [1.54, 1.807) is 6.07 Å². The number of nitrogens with one attached hydrogen (secondary N) is 1. The summed E-state index contributed by atoms with van der Waals surface area (Å²) in [6.07, 6.45) is 0.969. The minimum absolute atomic E-state index is 0.0608. The van der Waals surface area contributed by atoms with Crippen LogP contribution in [0, 0.1) is 0 Å². The second-order valence-corrected chi connectivity index (χ2v) is 5.97. The first-order valence-electron chi connectivity index (χ1n) is 7.13. The summed E-state index contributed by atoms with van der Waals surface area (Å²) in [5, 5.41) is 4.84. The molecule has 0 bridgehead atoms. The van der Waals surface area contributed by atoms with Crippen molar-refractivity contribution in [3.63, 3.8) is 0 Å². The first-order valence-corrected chi connectivity index (χ1v) is 7.88. The van der Waals surface area contributed by atoms with Gasteiger partial charge < -0.3 is 10.1 Å². The molecule has 110 valence electrons.